The average Bonchev–Trinajstić information content (AvgIpc) is 2.95. The van der Waals surface area contributed by atoms with Gasteiger partial charge in [-0.05, 0) is 44.8 Å². The maximum Gasteiger partial charge on any atom is 0.226 e. The fourth-order valence-electron chi connectivity index (χ4n) is 2.84. The van der Waals surface area contributed by atoms with Crippen LogP contribution in [0, 0.1) is 0 Å². The van der Waals surface area contributed by atoms with E-state index in [1.807, 2.05) is 0 Å². The molecule has 0 aliphatic carbocycles. The molecule has 1 saturated heterocycles. The fourth-order valence-corrected chi connectivity index (χ4v) is 3.61. The van der Waals surface area contributed by atoms with Crippen molar-refractivity contribution in [2.75, 3.05) is 37.3 Å². The highest BCUT2D eigenvalue weighted by atomic mass is 32.1. The molecule has 0 saturated carbocycles. The fraction of sp³-hybridized carbons (Fsp3) is 0.600. The van der Waals surface area contributed by atoms with Crippen LogP contribution in [-0.2, 0) is 0 Å². The number of thiophene rings is 1. The van der Waals surface area contributed by atoms with Gasteiger partial charge >= 0.3 is 0 Å². The second-order valence-corrected chi connectivity index (χ2v) is 6.47. The molecule has 1 atom stereocenters. The summed E-state index contributed by atoms with van der Waals surface area (Å²) in [7, 11) is 2.22. The Bertz CT molecular complexity index is 597. The summed E-state index contributed by atoms with van der Waals surface area (Å²) in [5.74, 6) is 1.67. The largest absolute Gasteiger partial charge is 0.368 e. The Labute approximate surface area is 129 Å². The first-order chi connectivity index (χ1) is 10.3. The van der Waals surface area contributed by atoms with Crippen LogP contribution in [0.3, 0.4) is 0 Å². The highest BCUT2D eigenvalue weighted by Crippen LogP contribution is 2.27. The molecule has 114 valence electrons. The summed E-state index contributed by atoms with van der Waals surface area (Å²) in [6.07, 6.45) is 3.91. The Kier molecular flexibility index (Phi) is 4.55. The van der Waals surface area contributed by atoms with E-state index >= 15 is 0 Å². The van der Waals surface area contributed by atoms with E-state index in [0.717, 1.165) is 29.1 Å². The second-order valence-electron chi connectivity index (χ2n) is 5.58. The van der Waals surface area contributed by atoms with E-state index in [1.54, 1.807) is 11.3 Å². The lowest BCUT2D eigenvalue weighted by Gasteiger charge is -2.32. The van der Waals surface area contributed by atoms with Gasteiger partial charge in [0.15, 0.2) is 0 Å². The standard InChI is InChI=1S/C15H23N5S/c1-3-16-15-18-13(12-7-9-21-14(12)19-15)17-10-11-6-4-5-8-20(11)2/h7,9,11H,3-6,8,10H2,1-2H3,(H2,16,17,18,19). The number of hydrogen-bond acceptors (Lipinski definition) is 6. The van der Waals surface area contributed by atoms with Crippen molar-refractivity contribution < 1.29 is 0 Å². The van der Waals surface area contributed by atoms with Crippen molar-refractivity contribution in [3.8, 4) is 0 Å². The van der Waals surface area contributed by atoms with Crippen LogP contribution in [0.1, 0.15) is 26.2 Å². The molecule has 2 aromatic rings. The van der Waals surface area contributed by atoms with Gasteiger partial charge in [0.1, 0.15) is 10.6 Å². The summed E-state index contributed by atoms with van der Waals surface area (Å²) in [4.78, 5) is 12.7. The van der Waals surface area contributed by atoms with Crippen molar-refractivity contribution in [2.45, 2.75) is 32.2 Å². The molecular weight excluding hydrogens is 282 g/mol. The van der Waals surface area contributed by atoms with Crippen LogP contribution in [0.5, 0.6) is 0 Å². The lowest BCUT2D eigenvalue weighted by atomic mass is 10.0. The zero-order chi connectivity index (χ0) is 14.7. The summed E-state index contributed by atoms with van der Waals surface area (Å²) >= 11 is 1.66. The molecule has 3 heterocycles. The molecule has 1 aliphatic heterocycles. The number of rotatable bonds is 5. The maximum absolute atomic E-state index is 4.63. The normalized spacial score (nSPS) is 19.8. The first-order valence-corrected chi connectivity index (χ1v) is 8.59. The Morgan fingerprint density at radius 2 is 2.24 bits per heavy atom. The van der Waals surface area contributed by atoms with Gasteiger partial charge in [-0.1, -0.05) is 6.42 Å². The first kappa shape index (κ1) is 14.5. The first-order valence-electron chi connectivity index (χ1n) is 7.71. The number of fused-ring (bicyclic) bond motifs is 1. The van der Waals surface area contributed by atoms with Crippen LogP contribution in [0.2, 0.25) is 0 Å². The number of hydrogen-bond donors (Lipinski definition) is 2. The van der Waals surface area contributed by atoms with Gasteiger partial charge in [0.2, 0.25) is 5.95 Å². The van der Waals surface area contributed by atoms with Crippen molar-refractivity contribution in [3.05, 3.63) is 11.4 Å². The molecule has 3 rings (SSSR count). The molecule has 0 bridgehead atoms. The van der Waals surface area contributed by atoms with Crippen LogP contribution in [0.4, 0.5) is 11.8 Å². The molecule has 0 radical (unpaired) electrons. The Balaban J connectivity index is 1.77. The minimum Gasteiger partial charge on any atom is -0.368 e. The molecule has 1 aliphatic rings. The molecule has 5 nitrogen and oxygen atoms in total. The van der Waals surface area contributed by atoms with E-state index in [4.69, 9.17) is 0 Å². The second kappa shape index (κ2) is 6.58. The molecule has 1 fully saturated rings. The van der Waals surface area contributed by atoms with Gasteiger partial charge in [0.05, 0.1) is 5.39 Å². The van der Waals surface area contributed by atoms with Crippen molar-refractivity contribution in [3.63, 3.8) is 0 Å². The Morgan fingerprint density at radius 3 is 3.05 bits per heavy atom. The van der Waals surface area contributed by atoms with Gasteiger partial charge in [0.25, 0.3) is 0 Å². The summed E-state index contributed by atoms with van der Waals surface area (Å²) in [5.41, 5.74) is 0. The zero-order valence-electron chi connectivity index (χ0n) is 12.7. The Morgan fingerprint density at radius 1 is 1.33 bits per heavy atom. The number of piperidine rings is 1. The SMILES string of the molecule is CCNc1nc(NCC2CCCCN2C)c2ccsc2n1. The number of aromatic nitrogens is 2. The van der Waals surface area contributed by atoms with Gasteiger partial charge in [-0.15, -0.1) is 11.3 Å². The van der Waals surface area contributed by atoms with Crippen LogP contribution < -0.4 is 10.6 Å². The number of anilines is 2. The predicted octanol–water partition coefficient (Wildman–Crippen LogP) is 3.02. The predicted molar refractivity (Wildman–Crippen MR) is 90.3 cm³/mol. The number of likely N-dealkylation sites (tertiary alicyclic amines) is 1. The van der Waals surface area contributed by atoms with E-state index in [-0.39, 0.29) is 0 Å². The van der Waals surface area contributed by atoms with E-state index in [9.17, 15) is 0 Å². The number of nitrogens with zero attached hydrogens (tertiary/aromatic N) is 3. The minimum absolute atomic E-state index is 0.602. The van der Waals surface area contributed by atoms with Crippen LogP contribution in [0.15, 0.2) is 11.4 Å². The molecule has 1 unspecified atom stereocenters. The quantitative estimate of drug-likeness (QED) is 0.889. The lowest BCUT2D eigenvalue weighted by molar-refractivity contribution is 0.194. The lowest BCUT2D eigenvalue weighted by Crippen LogP contribution is -2.40. The molecule has 0 spiro atoms. The van der Waals surface area contributed by atoms with Gasteiger partial charge in [-0.3, -0.25) is 0 Å². The van der Waals surface area contributed by atoms with Crippen LogP contribution in [-0.4, -0.2) is 47.6 Å². The summed E-state index contributed by atoms with van der Waals surface area (Å²) < 4.78 is 0. The molecular formula is C15H23N5S. The third-order valence-electron chi connectivity index (χ3n) is 4.09. The highest BCUT2D eigenvalue weighted by molar-refractivity contribution is 7.16. The molecule has 2 N–H and O–H groups in total. The molecule has 2 aromatic heterocycles. The molecule has 21 heavy (non-hydrogen) atoms. The highest BCUT2D eigenvalue weighted by Gasteiger charge is 2.19. The summed E-state index contributed by atoms with van der Waals surface area (Å²) in [6, 6.07) is 2.70. The summed E-state index contributed by atoms with van der Waals surface area (Å²) in [5, 5.41) is 9.96. The van der Waals surface area contributed by atoms with Gasteiger partial charge in [-0.2, -0.15) is 4.98 Å². The number of likely N-dealkylation sites (N-methyl/N-ethyl adjacent to an activating group) is 1. The number of nitrogens with one attached hydrogen (secondary N) is 2. The van der Waals surface area contributed by atoms with Gasteiger partial charge in [0, 0.05) is 19.1 Å². The van der Waals surface area contributed by atoms with Crippen molar-refractivity contribution >= 4 is 33.3 Å². The van der Waals surface area contributed by atoms with Crippen molar-refractivity contribution in [1.82, 2.24) is 14.9 Å². The third kappa shape index (κ3) is 3.27. The summed E-state index contributed by atoms with van der Waals surface area (Å²) in [6.45, 7) is 5.05. The molecule has 0 amide bonds. The molecule has 0 aromatic carbocycles. The van der Waals surface area contributed by atoms with Crippen LogP contribution in [0.25, 0.3) is 10.2 Å². The zero-order valence-corrected chi connectivity index (χ0v) is 13.5. The maximum atomic E-state index is 4.63. The monoisotopic (exact) mass is 305 g/mol. The topological polar surface area (TPSA) is 53.1 Å². The Hall–Kier alpha value is -1.40. The van der Waals surface area contributed by atoms with Crippen molar-refractivity contribution in [2.24, 2.45) is 0 Å². The van der Waals surface area contributed by atoms with Gasteiger partial charge < -0.3 is 15.5 Å². The smallest absolute Gasteiger partial charge is 0.226 e. The average molecular weight is 305 g/mol. The van der Waals surface area contributed by atoms with Gasteiger partial charge in [-0.25, -0.2) is 4.98 Å². The molecule has 6 heteroatoms. The third-order valence-corrected chi connectivity index (χ3v) is 4.89. The van der Waals surface area contributed by atoms with Crippen LogP contribution >= 0.6 is 11.3 Å². The van der Waals surface area contributed by atoms with Crippen molar-refractivity contribution in [1.29, 1.82) is 0 Å². The minimum atomic E-state index is 0.602. The van der Waals surface area contributed by atoms with E-state index in [0.29, 0.717) is 12.0 Å². The van der Waals surface area contributed by atoms with E-state index in [1.165, 1.54) is 25.8 Å². The van der Waals surface area contributed by atoms with E-state index in [2.05, 4.69) is 50.9 Å². The van der Waals surface area contributed by atoms with E-state index < -0.39 is 0 Å².